The molecule has 0 radical (unpaired) electrons. The summed E-state index contributed by atoms with van der Waals surface area (Å²) >= 11 is 0.712. The van der Waals surface area contributed by atoms with Gasteiger partial charge in [0.15, 0.2) is 5.01 Å². The molecular formula is C6H5F3N2S. The number of hydrogen-bond acceptors (Lipinski definition) is 3. The first-order valence-corrected chi connectivity index (χ1v) is 4.15. The Morgan fingerprint density at radius 2 is 2.25 bits per heavy atom. The average molecular weight is 194 g/mol. The Bertz CT molecular complexity index is 289. The Labute approximate surface area is 70.4 Å². The molecule has 0 amide bonds. The van der Waals surface area contributed by atoms with Crippen LogP contribution in [0.4, 0.5) is 13.2 Å². The van der Waals surface area contributed by atoms with Gasteiger partial charge < -0.3 is 5.32 Å². The lowest BCUT2D eigenvalue weighted by Gasteiger charge is -1.98. The molecule has 1 N–H and O–H groups in total. The summed E-state index contributed by atoms with van der Waals surface area (Å²) in [6, 6.07) is 0.110. The van der Waals surface area contributed by atoms with E-state index in [1.54, 1.807) is 0 Å². The van der Waals surface area contributed by atoms with E-state index in [2.05, 4.69) is 10.3 Å². The highest BCUT2D eigenvalue weighted by atomic mass is 32.1. The minimum absolute atomic E-state index is 0.110. The highest BCUT2D eigenvalue weighted by molar-refractivity contribution is 7.11. The number of alkyl halides is 3. The van der Waals surface area contributed by atoms with E-state index in [0.29, 0.717) is 16.2 Å². The Kier molecular flexibility index (Phi) is 1.62. The molecule has 0 aromatic carbocycles. The van der Waals surface area contributed by atoms with Crippen molar-refractivity contribution in [1.82, 2.24) is 10.3 Å². The molecule has 1 atom stereocenters. The Morgan fingerprint density at radius 1 is 1.58 bits per heavy atom. The third kappa shape index (κ3) is 1.44. The molecule has 1 unspecified atom stereocenters. The van der Waals surface area contributed by atoms with Crippen molar-refractivity contribution in [3.63, 3.8) is 0 Å². The summed E-state index contributed by atoms with van der Waals surface area (Å²) in [6.45, 7) is 0.763. The van der Waals surface area contributed by atoms with Crippen molar-refractivity contribution < 1.29 is 13.2 Å². The standard InChI is InChI=1S/C6H5F3N2S/c7-6(8,9)5-11-2-4(12-5)3-1-10-3/h2-3,10H,1H2. The molecule has 6 heteroatoms. The second-order valence-electron chi connectivity index (χ2n) is 2.53. The van der Waals surface area contributed by atoms with Gasteiger partial charge >= 0.3 is 6.18 Å². The van der Waals surface area contributed by atoms with E-state index >= 15 is 0 Å². The normalized spacial score (nSPS) is 22.8. The zero-order valence-electron chi connectivity index (χ0n) is 5.85. The van der Waals surface area contributed by atoms with Crippen LogP contribution in [-0.2, 0) is 6.18 Å². The summed E-state index contributed by atoms with van der Waals surface area (Å²) < 4.78 is 36.0. The second kappa shape index (κ2) is 2.43. The van der Waals surface area contributed by atoms with Crippen LogP contribution >= 0.6 is 11.3 Å². The largest absolute Gasteiger partial charge is 0.443 e. The number of rotatable bonds is 1. The summed E-state index contributed by atoms with van der Waals surface area (Å²) in [5.41, 5.74) is 0. The van der Waals surface area contributed by atoms with Crippen molar-refractivity contribution in [3.8, 4) is 0 Å². The van der Waals surface area contributed by atoms with Gasteiger partial charge in [-0.05, 0) is 0 Å². The van der Waals surface area contributed by atoms with E-state index in [1.165, 1.54) is 6.20 Å². The molecule has 2 nitrogen and oxygen atoms in total. The lowest BCUT2D eigenvalue weighted by molar-refractivity contribution is -0.137. The van der Waals surface area contributed by atoms with E-state index in [9.17, 15) is 13.2 Å². The van der Waals surface area contributed by atoms with Crippen LogP contribution in [0, 0.1) is 0 Å². The van der Waals surface area contributed by atoms with Crippen molar-refractivity contribution in [1.29, 1.82) is 0 Å². The lowest BCUT2D eigenvalue weighted by atomic mass is 10.4. The van der Waals surface area contributed by atoms with Gasteiger partial charge in [-0.3, -0.25) is 0 Å². The second-order valence-corrected chi connectivity index (χ2v) is 3.59. The lowest BCUT2D eigenvalue weighted by Crippen LogP contribution is -2.02. The molecule has 1 fully saturated rings. The topological polar surface area (TPSA) is 34.8 Å². The maximum Gasteiger partial charge on any atom is 0.443 e. The molecule has 2 rings (SSSR count). The van der Waals surface area contributed by atoms with Crippen molar-refractivity contribution in [2.75, 3.05) is 6.54 Å². The van der Waals surface area contributed by atoms with Gasteiger partial charge in [-0.1, -0.05) is 0 Å². The van der Waals surface area contributed by atoms with Crippen molar-refractivity contribution in [3.05, 3.63) is 16.1 Å². The molecule has 1 aliphatic rings. The number of nitrogens with zero attached hydrogens (tertiary/aromatic N) is 1. The fraction of sp³-hybridized carbons (Fsp3) is 0.500. The molecule has 1 aromatic rings. The van der Waals surface area contributed by atoms with E-state index in [-0.39, 0.29) is 6.04 Å². The van der Waals surface area contributed by atoms with Gasteiger partial charge in [0.05, 0.1) is 6.04 Å². The Morgan fingerprint density at radius 3 is 2.67 bits per heavy atom. The van der Waals surface area contributed by atoms with Gasteiger partial charge in [-0.25, -0.2) is 4.98 Å². The molecule has 12 heavy (non-hydrogen) atoms. The van der Waals surface area contributed by atoms with Crippen LogP contribution in [0.15, 0.2) is 6.20 Å². The van der Waals surface area contributed by atoms with Gasteiger partial charge in [0.1, 0.15) is 0 Å². The number of aromatic nitrogens is 1. The molecule has 0 aliphatic carbocycles. The third-order valence-corrected chi connectivity index (χ3v) is 2.67. The number of thiazole rings is 1. The summed E-state index contributed by atoms with van der Waals surface area (Å²) in [6.07, 6.45) is -3.00. The minimum atomic E-state index is -4.29. The molecule has 1 saturated heterocycles. The predicted octanol–water partition coefficient (Wildman–Crippen LogP) is 1.81. The average Bonchev–Trinajstić information content (AvgIpc) is 2.66. The zero-order chi connectivity index (χ0) is 8.77. The molecule has 0 spiro atoms. The number of halogens is 3. The van der Waals surface area contributed by atoms with Crippen LogP contribution in [0.3, 0.4) is 0 Å². The molecule has 0 saturated carbocycles. The Balaban J connectivity index is 2.23. The molecule has 66 valence electrons. The van der Waals surface area contributed by atoms with Gasteiger partial charge in [0.2, 0.25) is 0 Å². The quantitative estimate of drug-likeness (QED) is 0.692. The van der Waals surface area contributed by atoms with Crippen LogP contribution in [0.1, 0.15) is 15.9 Å². The van der Waals surface area contributed by atoms with Crippen LogP contribution in [0.2, 0.25) is 0 Å². The van der Waals surface area contributed by atoms with Gasteiger partial charge in [-0.15, -0.1) is 11.3 Å². The fourth-order valence-corrected chi connectivity index (χ4v) is 1.70. The molecule has 0 bridgehead atoms. The smallest absolute Gasteiger partial charge is 0.306 e. The van der Waals surface area contributed by atoms with Crippen molar-refractivity contribution in [2.24, 2.45) is 0 Å². The van der Waals surface area contributed by atoms with Crippen LogP contribution in [0.5, 0.6) is 0 Å². The van der Waals surface area contributed by atoms with Crippen molar-refractivity contribution in [2.45, 2.75) is 12.2 Å². The minimum Gasteiger partial charge on any atom is -0.306 e. The first-order chi connectivity index (χ1) is 5.57. The maximum absolute atomic E-state index is 12.0. The number of hydrogen-bond donors (Lipinski definition) is 1. The zero-order valence-corrected chi connectivity index (χ0v) is 6.67. The van der Waals surface area contributed by atoms with Gasteiger partial charge in [0, 0.05) is 17.6 Å². The molecule has 1 aliphatic heterocycles. The van der Waals surface area contributed by atoms with E-state index in [0.717, 1.165) is 6.54 Å². The first-order valence-electron chi connectivity index (χ1n) is 3.33. The summed E-state index contributed by atoms with van der Waals surface area (Å²) in [4.78, 5) is 3.97. The monoisotopic (exact) mass is 194 g/mol. The van der Waals surface area contributed by atoms with E-state index < -0.39 is 11.2 Å². The third-order valence-electron chi connectivity index (χ3n) is 1.52. The van der Waals surface area contributed by atoms with Crippen LogP contribution < -0.4 is 5.32 Å². The highest BCUT2D eigenvalue weighted by Crippen LogP contribution is 2.36. The molecule has 1 aromatic heterocycles. The summed E-state index contributed by atoms with van der Waals surface area (Å²) in [5, 5.41) is 2.16. The summed E-state index contributed by atoms with van der Waals surface area (Å²) in [7, 11) is 0. The highest BCUT2D eigenvalue weighted by Gasteiger charge is 2.36. The Hall–Kier alpha value is -0.620. The SMILES string of the molecule is FC(F)(F)c1ncc(C2CN2)s1. The van der Waals surface area contributed by atoms with Crippen molar-refractivity contribution >= 4 is 11.3 Å². The summed E-state index contributed by atoms with van der Waals surface area (Å²) in [5.74, 6) is 0. The van der Waals surface area contributed by atoms with E-state index in [1.807, 2.05) is 0 Å². The van der Waals surface area contributed by atoms with Gasteiger partial charge in [0.25, 0.3) is 0 Å². The fourth-order valence-electron chi connectivity index (χ4n) is 0.839. The maximum atomic E-state index is 12.0. The predicted molar refractivity (Wildman–Crippen MR) is 37.9 cm³/mol. The van der Waals surface area contributed by atoms with E-state index in [4.69, 9.17) is 0 Å². The van der Waals surface area contributed by atoms with Crippen LogP contribution in [-0.4, -0.2) is 11.5 Å². The molecule has 2 heterocycles. The number of nitrogens with one attached hydrogen (secondary N) is 1. The van der Waals surface area contributed by atoms with Gasteiger partial charge in [-0.2, -0.15) is 13.2 Å². The van der Waals surface area contributed by atoms with Crippen LogP contribution in [0.25, 0.3) is 0 Å². The molecular weight excluding hydrogens is 189 g/mol. The first kappa shape index (κ1) is 8.00.